The zero-order chi connectivity index (χ0) is 11.5. The van der Waals surface area contributed by atoms with Gasteiger partial charge in [0.1, 0.15) is 5.82 Å². The summed E-state index contributed by atoms with van der Waals surface area (Å²) in [6, 6.07) is 6.07. The van der Waals surface area contributed by atoms with Gasteiger partial charge in [-0.05, 0) is 36.0 Å². The van der Waals surface area contributed by atoms with Crippen LogP contribution in [0.5, 0.6) is 0 Å². The summed E-state index contributed by atoms with van der Waals surface area (Å²) in [5.41, 5.74) is 2.04. The van der Waals surface area contributed by atoms with Crippen LogP contribution < -0.4 is 5.32 Å². The van der Waals surface area contributed by atoms with Crippen molar-refractivity contribution in [1.82, 2.24) is 15.3 Å². The maximum atomic E-state index is 4.58. The highest BCUT2D eigenvalue weighted by Gasteiger charge is 2.06. The quantitative estimate of drug-likeness (QED) is 0.938. The van der Waals surface area contributed by atoms with Crippen LogP contribution in [0.15, 0.2) is 22.7 Å². The van der Waals surface area contributed by atoms with Crippen molar-refractivity contribution >= 4 is 26.8 Å². The van der Waals surface area contributed by atoms with Crippen LogP contribution in [0, 0.1) is 6.92 Å². The predicted octanol–water partition coefficient (Wildman–Crippen LogP) is 2.46. The van der Waals surface area contributed by atoms with E-state index in [1.54, 1.807) is 0 Å². The minimum atomic E-state index is 0.856. The van der Waals surface area contributed by atoms with E-state index in [4.69, 9.17) is 0 Å². The normalized spacial score (nSPS) is 10.9. The largest absolute Gasteiger partial charge is 0.319 e. The third-order valence-corrected chi connectivity index (χ3v) is 3.15. The summed E-state index contributed by atoms with van der Waals surface area (Å²) in [6.45, 7) is 2.93. The summed E-state index contributed by atoms with van der Waals surface area (Å²) in [5.74, 6) is 0.895. The second kappa shape index (κ2) is 4.89. The summed E-state index contributed by atoms with van der Waals surface area (Å²) < 4.78 is 1.03. The first-order valence-electron chi connectivity index (χ1n) is 5.28. The molecule has 2 aromatic rings. The van der Waals surface area contributed by atoms with Crippen molar-refractivity contribution in [3.63, 3.8) is 0 Å². The first-order chi connectivity index (χ1) is 7.72. The lowest BCUT2D eigenvalue weighted by atomic mass is 10.2. The van der Waals surface area contributed by atoms with Crippen LogP contribution in [-0.4, -0.2) is 23.6 Å². The van der Waals surface area contributed by atoms with Gasteiger partial charge in [0, 0.05) is 28.5 Å². The van der Waals surface area contributed by atoms with Crippen molar-refractivity contribution in [2.75, 3.05) is 13.6 Å². The average molecular weight is 280 g/mol. The lowest BCUT2D eigenvalue weighted by Gasteiger charge is -2.06. The first-order valence-corrected chi connectivity index (χ1v) is 6.08. The summed E-state index contributed by atoms with van der Waals surface area (Å²) in [7, 11) is 1.93. The van der Waals surface area contributed by atoms with Crippen LogP contribution in [-0.2, 0) is 6.42 Å². The smallest absolute Gasteiger partial charge is 0.130 e. The van der Waals surface area contributed by atoms with Crippen LogP contribution in [0.25, 0.3) is 10.9 Å². The van der Waals surface area contributed by atoms with Crippen molar-refractivity contribution in [2.24, 2.45) is 0 Å². The molecule has 1 heterocycles. The molecule has 0 saturated carbocycles. The zero-order valence-electron chi connectivity index (χ0n) is 9.42. The van der Waals surface area contributed by atoms with Gasteiger partial charge in [-0.25, -0.2) is 9.97 Å². The van der Waals surface area contributed by atoms with Gasteiger partial charge in [0.05, 0.1) is 5.52 Å². The van der Waals surface area contributed by atoms with E-state index >= 15 is 0 Å². The number of benzene rings is 1. The molecular formula is C12H14BrN3. The number of halogens is 1. The van der Waals surface area contributed by atoms with Crippen LogP contribution in [0.1, 0.15) is 11.5 Å². The number of aromatic nitrogens is 2. The highest BCUT2D eigenvalue weighted by Crippen LogP contribution is 2.23. The Morgan fingerprint density at radius 3 is 2.88 bits per heavy atom. The zero-order valence-corrected chi connectivity index (χ0v) is 11.0. The van der Waals surface area contributed by atoms with E-state index in [-0.39, 0.29) is 0 Å². The topological polar surface area (TPSA) is 37.8 Å². The molecule has 0 aliphatic rings. The molecule has 16 heavy (non-hydrogen) atoms. The molecule has 2 rings (SSSR count). The van der Waals surface area contributed by atoms with Crippen molar-refractivity contribution < 1.29 is 0 Å². The standard InChI is InChI=1S/C12H14BrN3/c1-8-9-4-3-5-10(13)12(9)16-11(15-8)6-7-14-2/h3-5,14H,6-7H2,1-2H3. The molecule has 0 radical (unpaired) electrons. The average Bonchev–Trinajstić information content (AvgIpc) is 2.28. The Morgan fingerprint density at radius 2 is 2.12 bits per heavy atom. The number of hydrogen-bond acceptors (Lipinski definition) is 3. The molecule has 0 amide bonds. The molecule has 4 heteroatoms. The number of nitrogens with zero attached hydrogens (tertiary/aromatic N) is 2. The van der Waals surface area contributed by atoms with Crippen LogP contribution in [0.3, 0.4) is 0 Å². The molecule has 0 fully saturated rings. The molecule has 1 N–H and O–H groups in total. The lowest BCUT2D eigenvalue weighted by molar-refractivity contribution is 0.756. The van der Waals surface area contributed by atoms with E-state index in [1.165, 1.54) is 0 Å². The van der Waals surface area contributed by atoms with Crippen molar-refractivity contribution in [3.05, 3.63) is 34.2 Å². The third kappa shape index (κ3) is 2.23. The van der Waals surface area contributed by atoms with Crippen molar-refractivity contribution in [1.29, 1.82) is 0 Å². The van der Waals surface area contributed by atoms with Gasteiger partial charge < -0.3 is 5.32 Å². The number of nitrogens with one attached hydrogen (secondary N) is 1. The third-order valence-electron chi connectivity index (χ3n) is 2.51. The van der Waals surface area contributed by atoms with Gasteiger partial charge >= 0.3 is 0 Å². The van der Waals surface area contributed by atoms with E-state index in [0.29, 0.717) is 0 Å². The fourth-order valence-corrected chi connectivity index (χ4v) is 2.13. The summed E-state index contributed by atoms with van der Waals surface area (Å²) in [6.07, 6.45) is 0.856. The van der Waals surface area contributed by atoms with E-state index in [2.05, 4.69) is 37.3 Å². The SMILES string of the molecule is CNCCc1nc(C)c2cccc(Br)c2n1. The maximum absolute atomic E-state index is 4.58. The van der Waals surface area contributed by atoms with Crippen molar-refractivity contribution in [2.45, 2.75) is 13.3 Å². The van der Waals surface area contributed by atoms with Crippen LogP contribution in [0.4, 0.5) is 0 Å². The Kier molecular flexibility index (Phi) is 3.51. The Hall–Kier alpha value is -1.00. The Bertz CT molecular complexity index is 511. The number of hydrogen-bond donors (Lipinski definition) is 1. The van der Waals surface area contributed by atoms with Gasteiger partial charge in [-0.15, -0.1) is 0 Å². The van der Waals surface area contributed by atoms with E-state index in [9.17, 15) is 0 Å². The minimum absolute atomic E-state index is 0.856. The fourth-order valence-electron chi connectivity index (χ4n) is 1.68. The number of fused-ring (bicyclic) bond motifs is 1. The molecule has 0 aliphatic heterocycles. The van der Waals surface area contributed by atoms with Crippen LogP contribution in [0.2, 0.25) is 0 Å². The van der Waals surface area contributed by atoms with Gasteiger partial charge in [-0.2, -0.15) is 0 Å². The second-order valence-electron chi connectivity index (χ2n) is 3.71. The minimum Gasteiger partial charge on any atom is -0.319 e. The summed E-state index contributed by atoms with van der Waals surface area (Å²) >= 11 is 3.53. The number of para-hydroxylation sites is 1. The van der Waals surface area contributed by atoms with E-state index < -0.39 is 0 Å². The van der Waals surface area contributed by atoms with Gasteiger partial charge in [0.2, 0.25) is 0 Å². The number of likely N-dealkylation sites (N-methyl/N-ethyl adjacent to an activating group) is 1. The molecule has 0 aliphatic carbocycles. The molecule has 1 aromatic heterocycles. The molecule has 0 bridgehead atoms. The highest BCUT2D eigenvalue weighted by molar-refractivity contribution is 9.10. The van der Waals surface area contributed by atoms with Gasteiger partial charge in [0.25, 0.3) is 0 Å². The van der Waals surface area contributed by atoms with E-state index in [1.807, 2.05) is 26.1 Å². The maximum Gasteiger partial charge on any atom is 0.130 e. The first kappa shape index (κ1) is 11.5. The lowest BCUT2D eigenvalue weighted by Crippen LogP contribution is -2.12. The monoisotopic (exact) mass is 279 g/mol. The molecule has 0 saturated heterocycles. The molecule has 1 aromatic carbocycles. The highest BCUT2D eigenvalue weighted by atomic mass is 79.9. The number of rotatable bonds is 3. The summed E-state index contributed by atoms with van der Waals surface area (Å²) in [5, 5.41) is 4.22. The molecule has 0 spiro atoms. The summed E-state index contributed by atoms with van der Waals surface area (Å²) in [4.78, 5) is 9.08. The van der Waals surface area contributed by atoms with Crippen LogP contribution >= 0.6 is 15.9 Å². The Balaban J connectivity index is 2.52. The van der Waals surface area contributed by atoms with E-state index in [0.717, 1.165) is 39.9 Å². The van der Waals surface area contributed by atoms with Gasteiger partial charge in [0.15, 0.2) is 0 Å². The van der Waals surface area contributed by atoms with Gasteiger partial charge in [-0.3, -0.25) is 0 Å². The molecule has 3 nitrogen and oxygen atoms in total. The molecule has 0 atom stereocenters. The fraction of sp³-hybridized carbons (Fsp3) is 0.333. The Morgan fingerprint density at radius 1 is 1.31 bits per heavy atom. The number of aryl methyl sites for hydroxylation is 1. The Labute approximate surface area is 103 Å². The molecule has 84 valence electrons. The predicted molar refractivity (Wildman–Crippen MR) is 69.6 cm³/mol. The van der Waals surface area contributed by atoms with Gasteiger partial charge in [-0.1, -0.05) is 12.1 Å². The second-order valence-corrected chi connectivity index (χ2v) is 4.57. The van der Waals surface area contributed by atoms with Crippen molar-refractivity contribution in [3.8, 4) is 0 Å². The molecular weight excluding hydrogens is 266 g/mol. The molecule has 0 unspecified atom stereocenters.